The molecule has 0 aliphatic carbocycles. The average Bonchev–Trinajstić information content (AvgIpc) is 2.89. The number of carbonyl (C=O) groups is 2. The zero-order valence-corrected chi connectivity index (χ0v) is 21.1. The summed E-state index contributed by atoms with van der Waals surface area (Å²) in [7, 11) is 1.41. The lowest BCUT2D eigenvalue weighted by Crippen LogP contribution is -2.29. The minimum atomic E-state index is -0.587. The van der Waals surface area contributed by atoms with Gasteiger partial charge in [0.15, 0.2) is 11.5 Å². The van der Waals surface area contributed by atoms with Gasteiger partial charge in [0, 0.05) is 18.5 Å². The van der Waals surface area contributed by atoms with E-state index < -0.39 is 16.7 Å². The number of methoxy groups -OCH3 is 1. The molecule has 0 fully saturated rings. The second-order valence-electron chi connectivity index (χ2n) is 7.52. The van der Waals surface area contributed by atoms with Crippen molar-refractivity contribution in [1.82, 2.24) is 10.7 Å². The Morgan fingerprint density at radius 2 is 1.81 bits per heavy atom. The van der Waals surface area contributed by atoms with Gasteiger partial charge in [-0.2, -0.15) is 5.10 Å². The predicted molar refractivity (Wildman–Crippen MR) is 140 cm³/mol. The van der Waals surface area contributed by atoms with Gasteiger partial charge in [-0.15, -0.1) is 0 Å². The van der Waals surface area contributed by atoms with Gasteiger partial charge in [-0.05, 0) is 29.8 Å². The predicted octanol–water partition coefficient (Wildman–Crippen LogP) is 4.76. The first-order chi connectivity index (χ1) is 17.8. The van der Waals surface area contributed by atoms with E-state index in [1.54, 1.807) is 0 Å². The number of hydrogen-bond acceptors (Lipinski definition) is 7. The molecular formula is C25H22Cl2N4O6. The summed E-state index contributed by atoms with van der Waals surface area (Å²) in [5.41, 5.74) is 3.27. The Labute approximate surface area is 222 Å². The molecule has 0 atom stereocenters. The third-order valence-corrected chi connectivity index (χ3v) is 5.70. The molecule has 2 amide bonds. The molecule has 0 radical (unpaired) electrons. The first kappa shape index (κ1) is 27.4. The number of halogens is 2. The lowest BCUT2D eigenvalue weighted by Gasteiger charge is -2.12. The van der Waals surface area contributed by atoms with Crippen LogP contribution in [0.4, 0.5) is 5.69 Å². The number of amides is 2. The normalized spacial score (nSPS) is 10.7. The quantitative estimate of drug-likeness (QED) is 0.203. The zero-order chi connectivity index (χ0) is 26.8. The summed E-state index contributed by atoms with van der Waals surface area (Å²) < 4.78 is 11.0. The van der Waals surface area contributed by atoms with Crippen LogP contribution >= 0.6 is 23.2 Å². The van der Waals surface area contributed by atoms with E-state index >= 15 is 0 Å². The smallest absolute Gasteiger partial charge is 0.282 e. The second-order valence-corrected chi connectivity index (χ2v) is 8.34. The molecule has 0 heterocycles. The summed E-state index contributed by atoms with van der Waals surface area (Å²) >= 11 is 11.7. The Bertz CT molecular complexity index is 1320. The summed E-state index contributed by atoms with van der Waals surface area (Å²) in [6, 6.07) is 16.4. The van der Waals surface area contributed by atoms with Crippen LogP contribution in [0.3, 0.4) is 0 Å². The molecule has 37 heavy (non-hydrogen) atoms. The number of benzene rings is 3. The van der Waals surface area contributed by atoms with Crippen LogP contribution in [0.1, 0.15) is 27.9 Å². The number of hydrogen-bond donors (Lipinski definition) is 2. The number of rotatable bonds is 11. The summed E-state index contributed by atoms with van der Waals surface area (Å²) in [6.07, 6.45) is 1.05. The van der Waals surface area contributed by atoms with E-state index in [-0.39, 0.29) is 47.3 Å². The highest BCUT2D eigenvalue weighted by atomic mass is 35.5. The van der Waals surface area contributed by atoms with E-state index in [0.717, 1.165) is 11.8 Å². The number of nitrogens with zero attached hydrogens (tertiary/aromatic N) is 2. The number of nitro benzene ring substituents is 1. The second kappa shape index (κ2) is 13.2. The van der Waals surface area contributed by atoms with Gasteiger partial charge in [0.05, 0.1) is 39.9 Å². The molecule has 0 saturated carbocycles. The van der Waals surface area contributed by atoms with Crippen LogP contribution in [0.15, 0.2) is 65.8 Å². The third-order valence-electron chi connectivity index (χ3n) is 4.96. The fourth-order valence-corrected chi connectivity index (χ4v) is 3.39. The molecule has 0 aromatic heterocycles. The molecule has 3 aromatic carbocycles. The van der Waals surface area contributed by atoms with Crippen molar-refractivity contribution >= 4 is 46.9 Å². The molecule has 0 aliphatic heterocycles. The maximum atomic E-state index is 12.1. The fourth-order valence-electron chi connectivity index (χ4n) is 3.09. The van der Waals surface area contributed by atoms with Crippen molar-refractivity contribution in [1.29, 1.82) is 0 Å². The molecule has 10 nitrogen and oxygen atoms in total. The van der Waals surface area contributed by atoms with Gasteiger partial charge in [-0.25, -0.2) is 5.43 Å². The molecule has 0 spiro atoms. The van der Waals surface area contributed by atoms with E-state index in [9.17, 15) is 19.7 Å². The van der Waals surface area contributed by atoms with Crippen molar-refractivity contribution in [3.63, 3.8) is 0 Å². The van der Waals surface area contributed by atoms with Crippen LogP contribution in [0, 0.1) is 10.1 Å². The number of hydrazone groups is 1. The van der Waals surface area contributed by atoms with E-state index in [4.69, 9.17) is 32.7 Å². The highest BCUT2D eigenvalue weighted by Gasteiger charge is 2.19. The maximum Gasteiger partial charge on any atom is 0.282 e. The fraction of sp³-hybridized carbons (Fsp3) is 0.160. The van der Waals surface area contributed by atoms with Gasteiger partial charge in [0.1, 0.15) is 6.61 Å². The first-order valence-corrected chi connectivity index (χ1v) is 11.6. The van der Waals surface area contributed by atoms with Crippen molar-refractivity contribution in [2.45, 2.75) is 13.0 Å². The highest BCUT2D eigenvalue weighted by Crippen LogP contribution is 2.34. The molecular weight excluding hydrogens is 523 g/mol. The SMILES string of the molecule is COc1cc(C=NNC(=O)CCNC(=O)c2ccc(Cl)c(Cl)c2)c([N+](=O)[O-])cc1OCc1ccccc1. The molecule has 3 rings (SSSR count). The van der Waals surface area contributed by atoms with Crippen LogP contribution in [-0.2, 0) is 11.4 Å². The molecule has 12 heteroatoms. The molecule has 0 unspecified atom stereocenters. The monoisotopic (exact) mass is 544 g/mol. The molecule has 0 saturated heterocycles. The van der Waals surface area contributed by atoms with Gasteiger partial charge < -0.3 is 14.8 Å². The van der Waals surface area contributed by atoms with Crippen LogP contribution in [-0.4, -0.2) is 36.6 Å². The number of carbonyl (C=O) groups excluding carboxylic acids is 2. The Morgan fingerprint density at radius 1 is 1.05 bits per heavy atom. The first-order valence-electron chi connectivity index (χ1n) is 10.9. The number of nitrogens with one attached hydrogen (secondary N) is 2. The Morgan fingerprint density at radius 3 is 2.49 bits per heavy atom. The molecule has 0 aliphatic rings. The van der Waals surface area contributed by atoms with Crippen molar-refractivity contribution < 1.29 is 24.0 Å². The van der Waals surface area contributed by atoms with E-state index in [0.29, 0.717) is 10.6 Å². The Balaban J connectivity index is 1.58. The van der Waals surface area contributed by atoms with E-state index in [1.165, 1.54) is 37.4 Å². The minimum absolute atomic E-state index is 0.0296. The summed E-state index contributed by atoms with van der Waals surface area (Å²) in [6.45, 7) is 0.224. The minimum Gasteiger partial charge on any atom is -0.493 e. The highest BCUT2D eigenvalue weighted by molar-refractivity contribution is 6.42. The van der Waals surface area contributed by atoms with Gasteiger partial charge >= 0.3 is 0 Å². The van der Waals surface area contributed by atoms with Gasteiger partial charge in [-0.3, -0.25) is 19.7 Å². The van der Waals surface area contributed by atoms with Crippen LogP contribution in [0.25, 0.3) is 0 Å². The van der Waals surface area contributed by atoms with Gasteiger partial charge in [0.25, 0.3) is 11.6 Å². The molecule has 192 valence electrons. The molecule has 0 bridgehead atoms. The van der Waals surface area contributed by atoms with Crippen molar-refractivity contribution in [3.05, 3.63) is 97.5 Å². The summed E-state index contributed by atoms with van der Waals surface area (Å²) in [5.74, 6) is -0.480. The maximum absolute atomic E-state index is 12.1. The van der Waals surface area contributed by atoms with Gasteiger partial charge in [-0.1, -0.05) is 53.5 Å². The molecule has 3 aromatic rings. The third kappa shape index (κ3) is 7.92. The van der Waals surface area contributed by atoms with Crippen molar-refractivity contribution in [2.75, 3.05) is 13.7 Å². The van der Waals surface area contributed by atoms with Crippen LogP contribution < -0.4 is 20.2 Å². The Kier molecular flexibility index (Phi) is 9.82. The van der Waals surface area contributed by atoms with E-state index in [1.807, 2.05) is 30.3 Å². The lowest BCUT2D eigenvalue weighted by molar-refractivity contribution is -0.385. The zero-order valence-electron chi connectivity index (χ0n) is 19.6. The number of nitro groups is 1. The van der Waals surface area contributed by atoms with Crippen molar-refractivity contribution in [2.24, 2.45) is 5.10 Å². The largest absolute Gasteiger partial charge is 0.493 e. The molecule has 2 N–H and O–H groups in total. The van der Waals surface area contributed by atoms with Crippen LogP contribution in [0.2, 0.25) is 10.0 Å². The van der Waals surface area contributed by atoms with Gasteiger partial charge in [0.2, 0.25) is 5.91 Å². The lowest BCUT2D eigenvalue weighted by atomic mass is 10.1. The summed E-state index contributed by atoms with van der Waals surface area (Å²) in [4.78, 5) is 35.2. The van der Waals surface area contributed by atoms with E-state index in [2.05, 4.69) is 15.8 Å². The van der Waals surface area contributed by atoms with Crippen molar-refractivity contribution in [3.8, 4) is 11.5 Å². The Hall–Kier alpha value is -4.15. The standard InChI is InChI=1S/C25H22Cl2N4O6/c1-36-22-12-18(21(31(34)35)13-23(22)37-15-16-5-3-2-4-6-16)14-29-30-24(32)9-10-28-25(33)17-7-8-19(26)20(27)11-17/h2-8,11-14H,9-10,15H2,1H3,(H,28,33)(H,30,32). The van der Waals surface area contributed by atoms with Crippen LogP contribution in [0.5, 0.6) is 11.5 Å². The average molecular weight is 545 g/mol. The number of ether oxygens (including phenoxy) is 2. The summed E-state index contributed by atoms with van der Waals surface area (Å²) in [5, 5.41) is 18.5. The topological polar surface area (TPSA) is 132 Å².